The van der Waals surface area contributed by atoms with Crippen LogP contribution < -0.4 is 0 Å². The molecule has 23 heavy (non-hydrogen) atoms. The molecule has 2 aromatic rings. The Kier molecular flexibility index (Phi) is 4.41. The summed E-state index contributed by atoms with van der Waals surface area (Å²) in [5.41, 5.74) is 3.36. The van der Waals surface area contributed by atoms with E-state index < -0.39 is 0 Å². The number of amides is 1. The minimum atomic E-state index is -0.0937. The van der Waals surface area contributed by atoms with Gasteiger partial charge in [-0.3, -0.25) is 9.89 Å². The van der Waals surface area contributed by atoms with Crippen molar-refractivity contribution >= 4 is 17.5 Å². The highest BCUT2D eigenvalue weighted by atomic mass is 35.5. The second-order valence-electron chi connectivity index (χ2n) is 6.05. The molecule has 3 rings (SSSR count). The number of benzene rings is 1. The summed E-state index contributed by atoms with van der Waals surface area (Å²) >= 11 is 6.00. The highest BCUT2D eigenvalue weighted by molar-refractivity contribution is 6.30. The molecule has 1 amide bonds. The number of nitrogens with one attached hydrogen (secondary N) is 1. The van der Waals surface area contributed by atoms with Crippen LogP contribution in [0.4, 0.5) is 0 Å². The molecule has 0 radical (unpaired) electrons. The van der Waals surface area contributed by atoms with Crippen molar-refractivity contribution in [1.82, 2.24) is 15.1 Å². The zero-order valence-electron chi connectivity index (χ0n) is 13.5. The fourth-order valence-electron chi connectivity index (χ4n) is 3.01. The van der Waals surface area contributed by atoms with Crippen LogP contribution in [-0.4, -0.2) is 34.2 Å². The van der Waals surface area contributed by atoms with Gasteiger partial charge < -0.3 is 9.64 Å². The molecule has 2 atom stereocenters. The Morgan fingerprint density at radius 1 is 1.48 bits per heavy atom. The Balaban J connectivity index is 1.81. The predicted octanol–water partition coefficient (Wildman–Crippen LogP) is 3.36. The minimum Gasteiger partial charge on any atom is -0.369 e. The van der Waals surface area contributed by atoms with Crippen molar-refractivity contribution in [2.45, 2.75) is 39.0 Å². The van der Waals surface area contributed by atoms with Gasteiger partial charge >= 0.3 is 0 Å². The van der Waals surface area contributed by atoms with Crippen LogP contribution >= 0.6 is 11.6 Å². The van der Waals surface area contributed by atoms with Crippen molar-refractivity contribution in [1.29, 1.82) is 0 Å². The molecule has 1 aliphatic rings. The summed E-state index contributed by atoms with van der Waals surface area (Å²) in [6.45, 7) is 4.47. The van der Waals surface area contributed by atoms with E-state index in [-0.39, 0.29) is 18.1 Å². The maximum absolute atomic E-state index is 12.7. The molecule has 1 aromatic heterocycles. The molecule has 0 aliphatic carbocycles. The average Bonchev–Trinajstić information content (AvgIpc) is 2.90. The number of aromatic nitrogens is 2. The van der Waals surface area contributed by atoms with E-state index in [2.05, 4.69) is 10.2 Å². The van der Waals surface area contributed by atoms with Gasteiger partial charge in [-0.1, -0.05) is 23.7 Å². The molecule has 0 bridgehead atoms. The maximum atomic E-state index is 12.7. The molecule has 1 N–H and O–H groups in total. The van der Waals surface area contributed by atoms with Crippen LogP contribution in [0, 0.1) is 0 Å². The second-order valence-corrected chi connectivity index (χ2v) is 6.49. The zero-order chi connectivity index (χ0) is 16.6. The first-order valence-electron chi connectivity index (χ1n) is 7.68. The number of H-pyrrole nitrogens is 1. The smallest absolute Gasteiger partial charge is 0.274 e. The topological polar surface area (TPSA) is 58.2 Å². The zero-order valence-corrected chi connectivity index (χ0v) is 14.2. The average molecular weight is 334 g/mol. The summed E-state index contributed by atoms with van der Waals surface area (Å²) in [6.07, 6.45) is 0.711. The van der Waals surface area contributed by atoms with Crippen LogP contribution in [0.15, 0.2) is 24.3 Å². The summed E-state index contributed by atoms with van der Waals surface area (Å²) in [4.78, 5) is 14.4. The lowest BCUT2D eigenvalue weighted by molar-refractivity contribution is -0.00701. The molecule has 0 spiro atoms. The number of rotatable bonds is 3. The number of carbonyl (C=O) groups excluding carboxylic acids is 1. The van der Waals surface area contributed by atoms with Gasteiger partial charge in [0.05, 0.1) is 17.9 Å². The third kappa shape index (κ3) is 3.26. The quantitative estimate of drug-likeness (QED) is 0.937. The van der Waals surface area contributed by atoms with Crippen LogP contribution in [0.3, 0.4) is 0 Å². The van der Waals surface area contributed by atoms with E-state index >= 15 is 0 Å². The van der Waals surface area contributed by atoms with Crippen molar-refractivity contribution in [3.8, 4) is 0 Å². The largest absolute Gasteiger partial charge is 0.369 e. The summed E-state index contributed by atoms with van der Waals surface area (Å²) < 4.78 is 5.76. The van der Waals surface area contributed by atoms with E-state index in [1.54, 1.807) is 11.9 Å². The summed E-state index contributed by atoms with van der Waals surface area (Å²) in [6, 6.07) is 7.52. The van der Waals surface area contributed by atoms with Crippen molar-refractivity contribution in [3.63, 3.8) is 0 Å². The molecule has 0 saturated heterocycles. The Labute approximate surface area is 140 Å². The number of hydrogen-bond donors (Lipinski definition) is 1. The van der Waals surface area contributed by atoms with Crippen LogP contribution in [-0.2, 0) is 17.7 Å². The van der Waals surface area contributed by atoms with Crippen molar-refractivity contribution in [2.24, 2.45) is 0 Å². The number of fused-ring (bicyclic) bond motifs is 1. The van der Waals surface area contributed by atoms with Crippen molar-refractivity contribution in [2.75, 3.05) is 7.05 Å². The van der Waals surface area contributed by atoms with Crippen LogP contribution in [0.1, 0.15) is 47.3 Å². The monoisotopic (exact) mass is 333 g/mol. The van der Waals surface area contributed by atoms with E-state index in [0.717, 1.165) is 16.8 Å². The molecule has 1 aliphatic heterocycles. The number of aromatic amines is 1. The van der Waals surface area contributed by atoms with Crippen LogP contribution in [0.5, 0.6) is 0 Å². The van der Waals surface area contributed by atoms with Gasteiger partial charge in [0.1, 0.15) is 0 Å². The summed E-state index contributed by atoms with van der Waals surface area (Å²) in [5, 5.41) is 7.87. The lowest BCUT2D eigenvalue weighted by Crippen LogP contribution is -2.29. The Morgan fingerprint density at radius 2 is 2.26 bits per heavy atom. The molecule has 0 unspecified atom stereocenters. The molecule has 5 nitrogen and oxygen atoms in total. The minimum absolute atomic E-state index is 0.0685. The SMILES string of the molecule is C[C@@H]1Cc2c(C(=O)N(C)Cc3cccc(Cl)c3)n[nH]c2[C@H](C)O1. The number of nitrogens with zero attached hydrogens (tertiary/aromatic N) is 2. The third-order valence-electron chi connectivity index (χ3n) is 4.09. The molecular weight excluding hydrogens is 314 g/mol. The normalized spacial score (nSPS) is 20.2. The highest BCUT2D eigenvalue weighted by Crippen LogP contribution is 2.30. The standard InChI is InChI=1S/C17H20ClN3O2/c1-10-7-14-15(11(2)23-10)19-20-16(14)17(22)21(3)9-12-5-4-6-13(18)8-12/h4-6,8,10-11H,7,9H2,1-3H3,(H,19,20)/t10-,11+/m1/s1. The van der Waals surface area contributed by atoms with Gasteiger partial charge in [-0.15, -0.1) is 0 Å². The highest BCUT2D eigenvalue weighted by Gasteiger charge is 2.30. The van der Waals surface area contributed by atoms with Crippen LogP contribution in [0.2, 0.25) is 5.02 Å². The Bertz CT molecular complexity index is 728. The van der Waals surface area contributed by atoms with E-state index in [4.69, 9.17) is 16.3 Å². The van der Waals surface area contributed by atoms with Gasteiger partial charge in [0.25, 0.3) is 5.91 Å². The number of ether oxygens (including phenoxy) is 1. The predicted molar refractivity (Wildman–Crippen MR) is 88.5 cm³/mol. The molecule has 1 aromatic carbocycles. The lowest BCUT2D eigenvalue weighted by Gasteiger charge is -2.25. The van der Waals surface area contributed by atoms with E-state index in [9.17, 15) is 4.79 Å². The first-order chi connectivity index (χ1) is 11.0. The summed E-state index contributed by atoms with van der Waals surface area (Å²) in [5.74, 6) is -0.0937. The van der Waals surface area contributed by atoms with Crippen molar-refractivity contribution < 1.29 is 9.53 Å². The van der Waals surface area contributed by atoms with Gasteiger partial charge in [-0.05, 0) is 31.5 Å². The van der Waals surface area contributed by atoms with E-state index in [0.29, 0.717) is 23.7 Å². The third-order valence-corrected chi connectivity index (χ3v) is 4.33. The van der Waals surface area contributed by atoms with Crippen molar-refractivity contribution in [3.05, 3.63) is 51.8 Å². The number of hydrogen-bond acceptors (Lipinski definition) is 3. The fraction of sp³-hybridized carbons (Fsp3) is 0.412. The van der Waals surface area contributed by atoms with Gasteiger partial charge in [0.2, 0.25) is 0 Å². The lowest BCUT2D eigenvalue weighted by atomic mass is 9.99. The fourth-order valence-corrected chi connectivity index (χ4v) is 3.23. The second kappa shape index (κ2) is 6.34. The molecule has 0 saturated carbocycles. The molecule has 2 heterocycles. The van der Waals surface area contributed by atoms with Gasteiger partial charge in [0, 0.05) is 30.6 Å². The Morgan fingerprint density at radius 3 is 3.00 bits per heavy atom. The molecular formula is C17H20ClN3O2. The maximum Gasteiger partial charge on any atom is 0.274 e. The first kappa shape index (κ1) is 16.0. The van der Waals surface area contributed by atoms with Crippen LogP contribution in [0.25, 0.3) is 0 Å². The van der Waals surface area contributed by atoms with Gasteiger partial charge in [-0.25, -0.2) is 0 Å². The first-order valence-corrected chi connectivity index (χ1v) is 8.06. The van der Waals surface area contributed by atoms with Gasteiger partial charge in [0.15, 0.2) is 5.69 Å². The van der Waals surface area contributed by atoms with Gasteiger partial charge in [-0.2, -0.15) is 5.10 Å². The van der Waals surface area contributed by atoms with E-state index in [1.165, 1.54) is 0 Å². The number of carbonyl (C=O) groups is 1. The molecule has 0 fully saturated rings. The summed E-state index contributed by atoms with van der Waals surface area (Å²) in [7, 11) is 1.77. The van der Waals surface area contributed by atoms with E-state index in [1.807, 2.05) is 38.1 Å². The number of halogens is 1. The molecule has 122 valence electrons. The Hall–Kier alpha value is -1.85. The molecule has 6 heteroatoms.